The van der Waals surface area contributed by atoms with Gasteiger partial charge in [0.2, 0.25) is 0 Å². The lowest BCUT2D eigenvalue weighted by Gasteiger charge is -2.19. The van der Waals surface area contributed by atoms with E-state index in [9.17, 15) is 0 Å². The number of hydrogen-bond acceptors (Lipinski definition) is 2. The molecule has 3 rings (SSSR count). The first kappa shape index (κ1) is 18.7. The zero-order chi connectivity index (χ0) is 16.0. The molecule has 0 bridgehead atoms. The van der Waals surface area contributed by atoms with Crippen LogP contribution in [0.1, 0.15) is 24.1 Å². The monoisotopic (exact) mass is 436 g/mol. The maximum atomic E-state index is 4.34. The minimum atomic E-state index is 0. The fourth-order valence-electron chi connectivity index (χ4n) is 2.84. The molecule has 1 aliphatic carbocycles. The lowest BCUT2D eigenvalue weighted by molar-refractivity contribution is 0.645. The molecule has 0 radical (unpaired) electrons. The Bertz CT molecular complexity index is 639. The molecule has 24 heavy (non-hydrogen) atoms. The predicted molar refractivity (Wildman–Crippen MR) is 110 cm³/mol. The molecule has 1 fully saturated rings. The quantitative estimate of drug-likeness (QED) is 0.416. The fourth-order valence-corrected chi connectivity index (χ4v) is 2.84. The number of aromatic nitrogens is 1. The van der Waals surface area contributed by atoms with E-state index < -0.39 is 0 Å². The van der Waals surface area contributed by atoms with Crippen LogP contribution in [0.2, 0.25) is 0 Å². The molecule has 2 N–H and O–H groups in total. The molecule has 1 heterocycles. The molecule has 0 unspecified atom stereocenters. The average molecular weight is 436 g/mol. The summed E-state index contributed by atoms with van der Waals surface area (Å²) in [6.45, 7) is 1.76. The highest BCUT2D eigenvalue weighted by atomic mass is 127. The van der Waals surface area contributed by atoms with Crippen molar-refractivity contribution in [2.45, 2.75) is 24.7 Å². The van der Waals surface area contributed by atoms with Gasteiger partial charge in [0.05, 0.1) is 0 Å². The number of halogens is 1. The molecule has 128 valence electrons. The Labute approximate surface area is 161 Å². The molecule has 0 amide bonds. The number of aliphatic imine (C=N–C) groups is 1. The number of pyridine rings is 1. The van der Waals surface area contributed by atoms with Gasteiger partial charge in [-0.25, -0.2) is 0 Å². The molecule has 5 heteroatoms. The van der Waals surface area contributed by atoms with Crippen LogP contribution in [0, 0.1) is 0 Å². The van der Waals surface area contributed by atoms with Gasteiger partial charge in [-0.3, -0.25) is 9.98 Å². The second-order valence-electron chi connectivity index (χ2n) is 6.07. The van der Waals surface area contributed by atoms with Gasteiger partial charge < -0.3 is 10.6 Å². The summed E-state index contributed by atoms with van der Waals surface area (Å²) < 4.78 is 0. The van der Waals surface area contributed by atoms with Crippen LogP contribution < -0.4 is 10.6 Å². The van der Waals surface area contributed by atoms with Crippen molar-refractivity contribution >= 4 is 29.9 Å². The van der Waals surface area contributed by atoms with Crippen LogP contribution in [0.15, 0.2) is 59.7 Å². The first-order chi connectivity index (χ1) is 11.3. The van der Waals surface area contributed by atoms with Crippen molar-refractivity contribution in [1.29, 1.82) is 0 Å². The predicted octanol–water partition coefficient (Wildman–Crippen LogP) is 3.14. The van der Waals surface area contributed by atoms with Crippen LogP contribution in [0.25, 0.3) is 0 Å². The maximum absolute atomic E-state index is 4.34. The van der Waals surface area contributed by atoms with E-state index >= 15 is 0 Å². The molecular weight excluding hydrogens is 411 g/mol. The smallest absolute Gasteiger partial charge is 0.191 e. The lowest BCUT2D eigenvalue weighted by Crippen LogP contribution is -2.42. The summed E-state index contributed by atoms with van der Waals surface area (Å²) in [6.07, 6.45) is 5.22. The zero-order valence-electron chi connectivity index (χ0n) is 14.0. The largest absolute Gasteiger partial charge is 0.356 e. The van der Waals surface area contributed by atoms with E-state index in [-0.39, 0.29) is 24.0 Å². The number of nitrogens with one attached hydrogen (secondary N) is 2. The van der Waals surface area contributed by atoms with Gasteiger partial charge in [0.25, 0.3) is 0 Å². The third-order valence-electron chi connectivity index (χ3n) is 4.46. The van der Waals surface area contributed by atoms with E-state index in [2.05, 4.69) is 50.9 Å². The van der Waals surface area contributed by atoms with Gasteiger partial charge >= 0.3 is 0 Å². The van der Waals surface area contributed by atoms with E-state index in [1.807, 2.05) is 31.4 Å². The summed E-state index contributed by atoms with van der Waals surface area (Å²) in [7, 11) is 1.82. The van der Waals surface area contributed by atoms with Crippen molar-refractivity contribution in [1.82, 2.24) is 15.6 Å². The first-order valence-electron chi connectivity index (χ1n) is 8.22. The molecule has 4 nitrogen and oxygen atoms in total. The van der Waals surface area contributed by atoms with Crippen LogP contribution in [0.3, 0.4) is 0 Å². The fraction of sp³-hybridized carbons (Fsp3) is 0.368. The van der Waals surface area contributed by atoms with Crippen LogP contribution >= 0.6 is 24.0 Å². The summed E-state index contributed by atoms with van der Waals surface area (Å²) in [5.74, 6) is 0.864. The average Bonchev–Trinajstić information content (AvgIpc) is 3.41. The molecule has 2 aromatic rings. The molecular formula is C19H25IN4. The Kier molecular flexibility index (Phi) is 7.02. The summed E-state index contributed by atoms with van der Waals surface area (Å²) in [5, 5.41) is 6.84. The van der Waals surface area contributed by atoms with Crippen molar-refractivity contribution < 1.29 is 0 Å². The maximum Gasteiger partial charge on any atom is 0.191 e. The van der Waals surface area contributed by atoms with E-state index in [0.717, 1.165) is 31.2 Å². The number of rotatable bonds is 6. The van der Waals surface area contributed by atoms with E-state index in [1.165, 1.54) is 18.4 Å². The van der Waals surface area contributed by atoms with Crippen molar-refractivity contribution in [3.8, 4) is 0 Å². The molecule has 0 saturated heterocycles. The number of benzene rings is 1. The lowest BCUT2D eigenvalue weighted by atomic mass is 9.96. The summed E-state index contributed by atoms with van der Waals surface area (Å²) in [4.78, 5) is 8.65. The van der Waals surface area contributed by atoms with E-state index in [0.29, 0.717) is 5.41 Å². The van der Waals surface area contributed by atoms with Gasteiger partial charge in [-0.2, -0.15) is 0 Å². The first-order valence-corrected chi connectivity index (χ1v) is 8.22. The van der Waals surface area contributed by atoms with Crippen LogP contribution in [0.4, 0.5) is 0 Å². The summed E-state index contributed by atoms with van der Waals surface area (Å²) in [5.41, 5.74) is 2.81. The molecule has 0 spiro atoms. The SMILES string of the molecule is CN=C(NCCc1ccccn1)NCC1(c2ccccc2)CC1.I. The molecule has 1 aliphatic rings. The van der Waals surface area contributed by atoms with Crippen molar-refractivity contribution in [3.05, 3.63) is 66.0 Å². The topological polar surface area (TPSA) is 49.3 Å². The van der Waals surface area contributed by atoms with Crippen LogP contribution in [-0.2, 0) is 11.8 Å². The highest BCUT2D eigenvalue weighted by Crippen LogP contribution is 2.47. The van der Waals surface area contributed by atoms with E-state index in [4.69, 9.17) is 0 Å². The Balaban J connectivity index is 0.00000208. The number of nitrogens with zero attached hydrogens (tertiary/aromatic N) is 2. The van der Waals surface area contributed by atoms with Gasteiger partial charge in [0, 0.05) is 43.9 Å². The Morgan fingerprint density at radius 2 is 1.83 bits per heavy atom. The highest BCUT2D eigenvalue weighted by molar-refractivity contribution is 14.0. The second kappa shape index (κ2) is 9.01. The van der Waals surface area contributed by atoms with E-state index in [1.54, 1.807) is 0 Å². The Morgan fingerprint density at radius 3 is 2.46 bits per heavy atom. The van der Waals surface area contributed by atoms with Crippen LogP contribution in [0.5, 0.6) is 0 Å². The van der Waals surface area contributed by atoms with Gasteiger partial charge in [-0.15, -0.1) is 24.0 Å². The van der Waals surface area contributed by atoms with Gasteiger partial charge in [0.1, 0.15) is 0 Å². The number of hydrogen-bond donors (Lipinski definition) is 2. The normalized spacial score (nSPS) is 15.3. The zero-order valence-corrected chi connectivity index (χ0v) is 16.4. The molecule has 1 aromatic heterocycles. The van der Waals surface area contributed by atoms with Gasteiger partial charge in [-0.05, 0) is 30.5 Å². The highest BCUT2D eigenvalue weighted by Gasteiger charge is 2.43. The standard InChI is InChI=1S/C19H24N4.HI/c1-20-18(22-14-10-17-9-5-6-13-21-17)23-15-19(11-12-19)16-7-3-2-4-8-16;/h2-9,13H,10-12,14-15H2,1H3,(H2,20,22,23);1H. The Hall–Kier alpha value is -1.63. The van der Waals surface area contributed by atoms with Gasteiger partial charge in [0.15, 0.2) is 5.96 Å². The minimum absolute atomic E-state index is 0. The molecule has 1 aromatic carbocycles. The van der Waals surface area contributed by atoms with Crippen LogP contribution in [-0.4, -0.2) is 31.1 Å². The summed E-state index contributed by atoms with van der Waals surface area (Å²) in [6, 6.07) is 16.8. The van der Waals surface area contributed by atoms with Crippen molar-refractivity contribution in [3.63, 3.8) is 0 Å². The third-order valence-corrected chi connectivity index (χ3v) is 4.46. The van der Waals surface area contributed by atoms with Crippen molar-refractivity contribution in [2.24, 2.45) is 4.99 Å². The summed E-state index contributed by atoms with van der Waals surface area (Å²) >= 11 is 0. The molecule has 1 saturated carbocycles. The molecule has 0 aliphatic heterocycles. The van der Waals surface area contributed by atoms with Crippen molar-refractivity contribution in [2.75, 3.05) is 20.1 Å². The molecule has 0 atom stereocenters. The number of guanidine groups is 1. The minimum Gasteiger partial charge on any atom is -0.356 e. The Morgan fingerprint density at radius 1 is 1.08 bits per heavy atom. The second-order valence-corrected chi connectivity index (χ2v) is 6.07. The third kappa shape index (κ3) is 4.93. The van der Waals surface area contributed by atoms with Gasteiger partial charge in [-0.1, -0.05) is 36.4 Å².